The Kier molecular flexibility index (Phi) is 3.80. The molecule has 24 heavy (non-hydrogen) atoms. The molecule has 0 atom stereocenters. The number of benzene rings is 2. The Morgan fingerprint density at radius 3 is 2.46 bits per heavy atom. The van der Waals surface area contributed by atoms with Crippen molar-refractivity contribution >= 4 is 11.6 Å². The van der Waals surface area contributed by atoms with Crippen LogP contribution in [0.1, 0.15) is 5.89 Å². The van der Waals surface area contributed by atoms with Gasteiger partial charge in [-0.3, -0.25) is 0 Å². The Morgan fingerprint density at radius 2 is 1.67 bits per heavy atom. The molecule has 6 nitrogen and oxygen atoms in total. The number of halogens is 1. The molecule has 0 saturated carbocycles. The number of rotatable bonds is 4. The summed E-state index contributed by atoms with van der Waals surface area (Å²) in [6, 6.07) is 17.1. The zero-order valence-electron chi connectivity index (χ0n) is 12.5. The number of hydrogen-bond donors (Lipinski definition) is 0. The van der Waals surface area contributed by atoms with Crippen LogP contribution in [0, 0.1) is 0 Å². The minimum Gasteiger partial charge on any atom is -0.419 e. The molecule has 0 aliphatic heterocycles. The van der Waals surface area contributed by atoms with Crippen molar-refractivity contribution in [2.45, 2.75) is 6.54 Å². The molecule has 0 radical (unpaired) electrons. The van der Waals surface area contributed by atoms with Crippen molar-refractivity contribution in [1.82, 2.24) is 25.2 Å². The second-order valence-corrected chi connectivity index (χ2v) is 5.61. The van der Waals surface area contributed by atoms with Crippen LogP contribution in [-0.2, 0) is 6.54 Å². The highest BCUT2D eigenvalue weighted by Crippen LogP contribution is 2.21. The van der Waals surface area contributed by atoms with Gasteiger partial charge in [-0.05, 0) is 24.3 Å². The van der Waals surface area contributed by atoms with Crippen LogP contribution in [0.3, 0.4) is 0 Å². The summed E-state index contributed by atoms with van der Waals surface area (Å²) in [5.41, 5.74) is 2.63. The lowest BCUT2D eigenvalue weighted by atomic mass is 10.2. The summed E-state index contributed by atoms with van der Waals surface area (Å²) in [6.45, 7) is 0.362. The number of nitrogens with zero attached hydrogens (tertiary/aromatic N) is 5. The van der Waals surface area contributed by atoms with Crippen LogP contribution >= 0.6 is 11.6 Å². The lowest BCUT2D eigenvalue weighted by Gasteiger charge is -1.95. The van der Waals surface area contributed by atoms with E-state index < -0.39 is 0 Å². The first kappa shape index (κ1) is 14.6. The molecule has 0 saturated heterocycles. The van der Waals surface area contributed by atoms with Crippen LogP contribution < -0.4 is 0 Å². The maximum atomic E-state index is 5.88. The zero-order valence-corrected chi connectivity index (χ0v) is 13.3. The largest absolute Gasteiger partial charge is 0.419 e. The maximum Gasteiger partial charge on any atom is 0.247 e. The third kappa shape index (κ3) is 3.04. The molecule has 0 aliphatic rings. The first-order chi connectivity index (χ1) is 11.8. The molecule has 0 aliphatic carbocycles. The summed E-state index contributed by atoms with van der Waals surface area (Å²) in [5.74, 6) is 0.912. The predicted molar refractivity (Wildman–Crippen MR) is 89.3 cm³/mol. The third-order valence-corrected chi connectivity index (χ3v) is 3.72. The van der Waals surface area contributed by atoms with Gasteiger partial charge in [-0.2, -0.15) is 0 Å². The van der Waals surface area contributed by atoms with Crippen LogP contribution in [0.5, 0.6) is 0 Å². The van der Waals surface area contributed by atoms with Crippen molar-refractivity contribution in [2.75, 3.05) is 0 Å². The van der Waals surface area contributed by atoms with E-state index in [1.165, 1.54) is 0 Å². The molecule has 2 heterocycles. The van der Waals surface area contributed by atoms with Gasteiger partial charge >= 0.3 is 0 Å². The van der Waals surface area contributed by atoms with Crippen molar-refractivity contribution in [2.24, 2.45) is 0 Å². The fourth-order valence-corrected chi connectivity index (χ4v) is 2.41. The lowest BCUT2D eigenvalue weighted by Crippen LogP contribution is -2.00. The standard InChI is InChI=1S/C17H12ClN5O/c18-14-8-6-13(7-9-14)17-21-20-16(24-17)11-23-10-15(19-22-23)12-4-2-1-3-5-12/h1-10H,11H2. The summed E-state index contributed by atoms with van der Waals surface area (Å²) in [4.78, 5) is 0. The molecule has 4 rings (SSSR count). The Morgan fingerprint density at radius 1 is 0.875 bits per heavy atom. The molecule has 118 valence electrons. The first-order valence-corrected chi connectivity index (χ1v) is 7.69. The smallest absolute Gasteiger partial charge is 0.247 e. The van der Waals surface area contributed by atoms with Gasteiger partial charge in [-0.15, -0.1) is 15.3 Å². The van der Waals surface area contributed by atoms with E-state index in [0.717, 1.165) is 16.8 Å². The molecule has 0 spiro atoms. The van der Waals surface area contributed by atoms with E-state index >= 15 is 0 Å². The molecule has 0 amide bonds. The molecule has 0 unspecified atom stereocenters. The highest BCUT2D eigenvalue weighted by Gasteiger charge is 2.10. The van der Waals surface area contributed by atoms with Crippen molar-refractivity contribution in [1.29, 1.82) is 0 Å². The zero-order chi connectivity index (χ0) is 16.4. The first-order valence-electron chi connectivity index (χ1n) is 7.32. The second-order valence-electron chi connectivity index (χ2n) is 5.18. The molecular formula is C17H12ClN5O. The van der Waals surface area contributed by atoms with Crippen LogP contribution in [-0.4, -0.2) is 25.2 Å². The van der Waals surface area contributed by atoms with Gasteiger partial charge in [0.1, 0.15) is 12.2 Å². The van der Waals surface area contributed by atoms with E-state index in [1.807, 2.05) is 48.7 Å². The van der Waals surface area contributed by atoms with E-state index in [4.69, 9.17) is 16.0 Å². The summed E-state index contributed by atoms with van der Waals surface area (Å²) >= 11 is 5.88. The van der Waals surface area contributed by atoms with Crippen LogP contribution in [0.15, 0.2) is 65.2 Å². The van der Waals surface area contributed by atoms with Crippen molar-refractivity contribution in [3.05, 3.63) is 71.7 Å². The topological polar surface area (TPSA) is 69.6 Å². The maximum absolute atomic E-state index is 5.88. The molecule has 0 fully saturated rings. The van der Waals surface area contributed by atoms with E-state index in [9.17, 15) is 0 Å². The molecule has 2 aromatic heterocycles. The fraction of sp³-hybridized carbons (Fsp3) is 0.0588. The van der Waals surface area contributed by atoms with Gasteiger partial charge in [-0.25, -0.2) is 4.68 Å². The minimum absolute atomic E-state index is 0.362. The van der Waals surface area contributed by atoms with Gasteiger partial charge in [0.05, 0.1) is 6.20 Å². The van der Waals surface area contributed by atoms with Crippen molar-refractivity contribution < 1.29 is 4.42 Å². The van der Waals surface area contributed by atoms with Gasteiger partial charge in [0.15, 0.2) is 0 Å². The quantitative estimate of drug-likeness (QED) is 0.568. The average molecular weight is 338 g/mol. The van der Waals surface area contributed by atoms with Gasteiger partial charge in [0, 0.05) is 16.1 Å². The summed E-state index contributed by atoms with van der Waals surface area (Å²) in [7, 11) is 0. The second kappa shape index (κ2) is 6.25. The van der Waals surface area contributed by atoms with Gasteiger partial charge in [0.25, 0.3) is 0 Å². The SMILES string of the molecule is Clc1ccc(-c2nnc(Cn3cc(-c4ccccc4)nn3)o2)cc1. The summed E-state index contributed by atoms with van der Waals surface area (Å²) in [5, 5.41) is 17.0. The summed E-state index contributed by atoms with van der Waals surface area (Å²) < 4.78 is 7.34. The Labute approximate surface area is 142 Å². The van der Waals surface area contributed by atoms with Crippen LogP contribution in [0.25, 0.3) is 22.7 Å². The predicted octanol–water partition coefficient (Wildman–Crippen LogP) is 3.70. The minimum atomic E-state index is 0.362. The molecule has 7 heteroatoms. The summed E-state index contributed by atoms with van der Waals surface area (Å²) in [6.07, 6.45) is 1.85. The number of hydrogen-bond acceptors (Lipinski definition) is 5. The van der Waals surface area contributed by atoms with Crippen LogP contribution in [0.4, 0.5) is 0 Å². The molecule has 2 aromatic carbocycles. The lowest BCUT2D eigenvalue weighted by molar-refractivity contribution is 0.469. The molecule has 0 N–H and O–H groups in total. The monoisotopic (exact) mass is 337 g/mol. The Hall–Kier alpha value is -2.99. The van der Waals surface area contributed by atoms with E-state index in [0.29, 0.717) is 23.3 Å². The highest BCUT2D eigenvalue weighted by atomic mass is 35.5. The number of aromatic nitrogens is 5. The molecule has 0 bridgehead atoms. The Bertz CT molecular complexity index is 947. The Balaban J connectivity index is 1.52. The normalized spacial score (nSPS) is 10.9. The van der Waals surface area contributed by atoms with Crippen molar-refractivity contribution in [3.8, 4) is 22.7 Å². The highest BCUT2D eigenvalue weighted by molar-refractivity contribution is 6.30. The van der Waals surface area contributed by atoms with Crippen LogP contribution in [0.2, 0.25) is 5.02 Å². The molecular weight excluding hydrogens is 326 g/mol. The van der Waals surface area contributed by atoms with Gasteiger partial charge in [-0.1, -0.05) is 47.1 Å². The van der Waals surface area contributed by atoms with E-state index in [-0.39, 0.29) is 0 Å². The fourth-order valence-electron chi connectivity index (χ4n) is 2.28. The van der Waals surface area contributed by atoms with Gasteiger partial charge in [0.2, 0.25) is 11.8 Å². The third-order valence-electron chi connectivity index (χ3n) is 3.46. The van der Waals surface area contributed by atoms with E-state index in [2.05, 4.69) is 20.5 Å². The van der Waals surface area contributed by atoms with Crippen molar-refractivity contribution in [3.63, 3.8) is 0 Å². The molecule has 4 aromatic rings. The van der Waals surface area contributed by atoms with Gasteiger partial charge < -0.3 is 4.42 Å². The van der Waals surface area contributed by atoms with E-state index in [1.54, 1.807) is 16.8 Å². The average Bonchev–Trinajstić information content (AvgIpc) is 3.27.